The molecule has 0 aliphatic carbocycles. The summed E-state index contributed by atoms with van der Waals surface area (Å²) in [6.45, 7) is 1.94. The Kier molecular flexibility index (Phi) is 3.59. The third kappa shape index (κ3) is 2.28. The van der Waals surface area contributed by atoms with Crippen LogP contribution in [0, 0.1) is 5.82 Å². The maximum absolute atomic E-state index is 13.8. The van der Waals surface area contributed by atoms with Crippen LogP contribution in [0.1, 0.15) is 24.6 Å². The molecule has 0 N–H and O–H groups in total. The van der Waals surface area contributed by atoms with Gasteiger partial charge in [-0.1, -0.05) is 11.6 Å². The van der Waals surface area contributed by atoms with E-state index in [9.17, 15) is 4.39 Å². The zero-order valence-corrected chi connectivity index (χ0v) is 12.9. The van der Waals surface area contributed by atoms with E-state index in [1.165, 1.54) is 12.1 Å². The van der Waals surface area contributed by atoms with Crippen LogP contribution in [0.2, 0.25) is 5.02 Å². The van der Waals surface area contributed by atoms with Gasteiger partial charge in [-0.25, -0.2) is 9.37 Å². The first kappa shape index (κ1) is 14.3. The summed E-state index contributed by atoms with van der Waals surface area (Å²) in [6, 6.07) is 2.69. The van der Waals surface area contributed by atoms with E-state index in [0.29, 0.717) is 16.9 Å². The van der Waals surface area contributed by atoms with Crippen LogP contribution < -0.4 is 0 Å². The van der Waals surface area contributed by atoms with Crippen LogP contribution in [0.25, 0.3) is 11.0 Å². The molecule has 21 heavy (non-hydrogen) atoms. The first-order valence-corrected chi connectivity index (χ1v) is 7.20. The van der Waals surface area contributed by atoms with E-state index in [0.717, 1.165) is 5.82 Å². The van der Waals surface area contributed by atoms with Crippen molar-refractivity contribution in [1.29, 1.82) is 0 Å². The number of imidazole rings is 1. The SMILES string of the molecule is CC(c1nncn1C)n1c(CCl)nc2cc(Cl)c(F)cc21. The fourth-order valence-electron chi connectivity index (χ4n) is 2.45. The number of hydrogen-bond acceptors (Lipinski definition) is 3. The van der Waals surface area contributed by atoms with Gasteiger partial charge < -0.3 is 9.13 Å². The largest absolute Gasteiger partial charge is 0.319 e. The van der Waals surface area contributed by atoms with Gasteiger partial charge >= 0.3 is 0 Å². The van der Waals surface area contributed by atoms with Crippen LogP contribution in [0.15, 0.2) is 18.5 Å². The Morgan fingerprint density at radius 1 is 1.38 bits per heavy atom. The maximum atomic E-state index is 13.8. The summed E-state index contributed by atoms with van der Waals surface area (Å²) in [4.78, 5) is 4.42. The number of benzene rings is 1. The van der Waals surface area contributed by atoms with E-state index >= 15 is 0 Å². The minimum atomic E-state index is -0.489. The van der Waals surface area contributed by atoms with Crippen molar-refractivity contribution in [2.24, 2.45) is 7.05 Å². The van der Waals surface area contributed by atoms with Crippen molar-refractivity contribution in [3.8, 4) is 0 Å². The number of nitrogens with zero attached hydrogens (tertiary/aromatic N) is 5. The number of aromatic nitrogens is 5. The van der Waals surface area contributed by atoms with Crippen molar-refractivity contribution < 1.29 is 4.39 Å². The lowest BCUT2D eigenvalue weighted by atomic mass is 10.2. The number of halogens is 3. The van der Waals surface area contributed by atoms with E-state index in [1.54, 1.807) is 10.9 Å². The molecule has 2 heterocycles. The fraction of sp³-hybridized carbons (Fsp3) is 0.308. The van der Waals surface area contributed by atoms with Gasteiger partial charge in [0.05, 0.1) is 28.0 Å². The smallest absolute Gasteiger partial charge is 0.155 e. The van der Waals surface area contributed by atoms with Crippen LogP contribution in [-0.4, -0.2) is 24.3 Å². The minimum absolute atomic E-state index is 0.0413. The topological polar surface area (TPSA) is 48.5 Å². The van der Waals surface area contributed by atoms with Gasteiger partial charge in [0.25, 0.3) is 0 Å². The van der Waals surface area contributed by atoms with E-state index < -0.39 is 5.82 Å². The van der Waals surface area contributed by atoms with Crippen LogP contribution >= 0.6 is 23.2 Å². The fourth-order valence-corrected chi connectivity index (χ4v) is 2.80. The average Bonchev–Trinajstić information content (AvgIpc) is 3.02. The monoisotopic (exact) mass is 327 g/mol. The molecule has 8 heteroatoms. The molecule has 0 amide bonds. The molecule has 1 unspecified atom stereocenters. The summed E-state index contributed by atoms with van der Waals surface area (Å²) < 4.78 is 17.4. The van der Waals surface area contributed by atoms with Gasteiger partial charge in [-0.3, -0.25) is 0 Å². The number of rotatable bonds is 3. The number of fused-ring (bicyclic) bond motifs is 1. The summed E-state index contributed by atoms with van der Waals surface area (Å²) in [6.07, 6.45) is 1.61. The Labute approximate surface area is 130 Å². The zero-order valence-electron chi connectivity index (χ0n) is 11.4. The standard InChI is InChI=1S/C13H12Cl2FN5/c1-7(13-19-17-6-20(13)2)21-11-4-9(16)8(15)3-10(11)18-12(21)5-14/h3-4,6-7H,5H2,1-2H3. The highest BCUT2D eigenvalue weighted by Crippen LogP contribution is 2.29. The minimum Gasteiger partial charge on any atom is -0.319 e. The molecule has 3 aromatic rings. The van der Waals surface area contributed by atoms with Crippen molar-refractivity contribution in [3.05, 3.63) is 40.9 Å². The van der Waals surface area contributed by atoms with Gasteiger partial charge in [-0.2, -0.15) is 0 Å². The molecule has 0 fully saturated rings. The summed E-state index contributed by atoms with van der Waals surface area (Å²) >= 11 is 11.8. The van der Waals surface area contributed by atoms with Crippen LogP contribution in [0.5, 0.6) is 0 Å². The second-order valence-corrected chi connectivity index (χ2v) is 5.44. The Bertz CT molecular complexity index is 810. The predicted octanol–water partition coefficient (Wildman–Crippen LogP) is 3.31. The zero-order chi connectivity index (χ0) is 15.1. The molecule has 0 spiro atoms. The highest BCUT2D eigenvalue weighted by atomic mass is 35.5. The average molecular weight is 328 g/mol. The molecule has 2 aromatic heterocycles. The Balaban J connectivity index is 2.25. The molecule has 0 aliphatic heterocycles. The van der Waals surface area contributed by atoms with Crippen molar-refractivity contribution in [2.75, 3.05) is 0 Å². The van der Waals surface area contributed by atoms with Gasteiger partial charge in [-0.05, 0) is 13.0 Å². The predicted molar refractivity (Wildman–Crippen MR) is 79.1 cm³/mol. The Morgan fingerprint density at radius 3 is 2.76 bits per heavy atom. The molecule has 0 aliphatic rings. The van der Waals surface area contributed by atoms with Gasteiger partial charge in [0.1, 0.15) is 18.0 Å². The second-order valence-electron chi connectivity index (χ2n) is 4.76. The van der Waals surface area contributed by atoms with E-state index in [2.05, 4.69) is 15.2 Å². The lowest BCUT2D eigenvalue weighted by Crippen LogP contribution is -2.14. The van der Waals surface area contributed by atoms with Crippen LogP contribution in [0.3, 0.4) is 0 Å². The van der Waals surface area contributed by atoms with Crippen LogP contribution in [0.4, 0.5) is 4.39 Å². The molecule has 110 valence electrons. The lowest BCUT2D eigenvalue weighted by Gasteiger charge is -2.16. The van der Waals surface area contributed by atoms with Crippen molar-refractivity contribution in [3.63, 3.8) is 0 Å². The van der Waals surface area contributed by atoms with E-state index in [-0.39, 0.29) is 16.9 Å². The molecule has 1 atom stereocenters. The normalized spacial score (nSPS) is 13.0. The number of alkyl halides is 1. The van der Waals surface area contributed by atoms with E-state index in [1.807, 2.05) is 18.5 Å². The van der Waals surface area contributed by atoms with Crippen LogP contribution in [-0.2, 0) is 12.9 Å². The van der Waals surface area contributed by atoms with E-state index in [4.69, 9.17) is 23.2 Å². The van der Waals surface area contributed by atoms with Crippen molar-refractivity contribution in [2.45, 2.75) is 18.8 Å². The molecule has 5 nitrogen and oxygen atoms in total. The molecule has 1 aromatic carbocycles. The quantitative estimate of drug-likeness (QED) is 0.693. The van der Waals surface area contributed by atoms with Gasteiger partial charge in [-0.15, -0.1) is 21.8 Å². The molecule has 0 radical (unpaired) electrons. The molecular weight excluding hydrogens is 316 g/mol. The summed E-state index contributed by atoms with van der Waals surface area (Å²) in [5.74, 6) is 1.08. The van der Waals surface area contributed by atoms with Crippen molar-refractivity contribution in [1.82, 2.24) is 24.3 Å². The first-order valence-electron chi connectivity index (χ1n) is 6.28. The Hall–Kier alpha value is -1.66. The van der Waals surface area contributed by atoms with Crippen molar-refractivity contribution >= 4 is 34.2 Å². The third-order valence-corrected chi connectivity index (χ3v) is 3.96. The number of aryl methyl sites for hydroxylation is 1. The van der Waals surface area contributed by atoms with Gasteiger partial charge in [0.15, 0.2) is 5.82 Å². The molecular formula is C13H12Cl2FN5. The Morgan fingerprint density at radius 2 is 2.14 bits per heavy atom. The second kappa shape index (κ2) is 5.27. The maximum Gasteiger partial charge on any atom is 0.155 e. The molecule has 0 bridgehead atoms. The summed E-state index contributed by atoms with van der Waals surface area (Å²) in [5.41, 5.74) is 1.23. The third-order valence-electron chi connectivity index (χ3n) is 3.43. The summed E-state index contributed by atoms with van der Waals surface area (Å²) in [5, 5.41) is 8.01. The summed E-state index contributed by atoms with van der Waals surface area (Å²) in [7, 11) is 1.85. The lowest BCUT2D eigenvalue weighted by molar-refractivity contribution is 0.570. The van der Waals surface area contributed by atoms with Gasteiger partial charge in [0, 0.05) is 13.1 Å². The molecule has 0 saturated carbocycles. The highest BCUT2D eigenvalue weighted by molar-refractivity contribution is 6.31. The molecule has 3 rings (SSSR count). The van der Waals surface area contributed by atoms with Gasteiger partial charge in [0.2, 0.25) is 0 Å². The highest BCUT2D eigenvalue weighted by Gasteiger charge is 2.21. The number of hydrogen-bond donors (Lipinski definition) is 0. The first-order chi connectivity index (χ1) is 10.0. The molecule has 0 saturated heterocycles.